The molecule has 9 nitrogen and oxygen atoms in total. The van der Waals surface area contributed by atoms with Crippen molar-refractivity contribution >= 4 is 27.5 Å². The second-order valence-corrected chi connectivity index (χ2v) is 10.3. The summed E-state index contributed by atoms with van der Waals surface area (Å²) in [6.45, 7) is 4.62. The molecule has 1 N–H and O–H groups in total. The number of aryl methyl sites for hydroxylation is 1. The molecule has 3 rings (SSSR count). The van der Waals surface area contributed by atoms with E-state index in [1.165, 1.54) is 13.2 Å². The predicted molar refractivity (Wildman–Crippen MR) is 132 cm³/mol. The molecule has 186 valence electrons. The van der Waals surface area contributed by atoms with E-state index in [1.807, 2.05) is 13.0 Å². The monoisotopic (exact) mass is 498 g/mol. The number of methoxy groups -OCH3 is 1. The number of nitriles is 1. The molecule has 0 saturated carbocycles. The highest BCUT2D eigenvalue weighted by atomic mass is 32.2. The fourth-order valence-electron chi connectivity index (χ4n) is 4.08. The van der Waals surface area contributed by atoms with E-state index < -0.39 is 27.6 Å². The van der Waals surface area contributed by atoms with Crippen molar-refractivity contribution in [2.75, 3.05) is 24.5 Å². The number of aromatic nitrogens is 1. The van der Waals surface area contributed by atoms with E-state index in [0.717, 1.165) is 0 Å². The van der Waals surface area contributed by atoms with Crippen molar-refractivity contribution in [3.63, 3.8) is 0 Å². The first-order valence-electron chi connectivity index (χ1n) is 11.6. The quantitative estimate of drug-likeness (QED) is 0.522. The number of nitrogens with one attached hydrogen (secondary N) is 1. The number of ketones is 1. The first kappa shape index (κ1) is 26.3. The van der Waals surface area contributed by atoms with Gasteiger partial charge < -0.3 is 10.1 Å². The molecule has 1 aliphatic rings. The Kier molecular flexibility index (Phi) is 8.59. The zero-order valence-corrected chi connectivity index (χ0v) is 21.0. The second-order valence-electron chi connectivity index (χ2n) is 8.51. The van der Waals surface area contributed by atoms with Crippen LogP contribution in [0.5, 0.6) is 5.75 Å². The molecule has 10 heteroatoms. The third-order valence-corrected chi connectivity index (χ3v) is 7.57. The van der Waals surface area contributed by atoms with Gasteiger partial charge in [-0.25, -0.2) is 13.4 Å². The number of carbonyl (C=O) groups is 2. The van der Waals surface area contributed by atoms with Gasteiger partial charge in [0.25, 0.3) is 0 Å². The highest BCUT2D eigenvalue weighted by Gasteiger charge is 2.37. The van der Waals surface area contributed by atoms with Crippen molar-refractivity contribution in [2.45, 2.75) is 45.3 Å². The Labute approximate surface area is 206 Å². The number of pyridine rings is 1. The van der Waals surface area contributed by atoms with Gasteiger partial charge in [-0.3, -0.25) is 9.59 Å². The number of Topliss-reactive ketones (excluding diaryl/α,β-unsaturated/α-hetero) is 1. The van der Waals surface area contributed by atoms with Crippen LogP contribution in [0.4, 0.5) is 5.82 Å². The summed E-state index contributed by atoms with van der Waals surface area (Å²) in [5.74, 6) is -1.47. The summed E-state index contributed by atoms with van der Waals surface area (Å²) in [5.41, 5.74) is 0.865. The number of piperidine rings is 1. The fourth-order valence-corrected chi connectivity index (χ4v) is 5.65. The molecule has 0 atom stereocenters. The van der Waals surface area contributed by atoms with Gasteiger partial charge in [-0.15, -0.1) is 0 Å². The van der Waals surface area contributed by atoms with Gasteiger partial charge in [-0.1, -0.05) is 19.1 Å². The molecule has 1 saturated heterocycles. The maximum atomic E-state index is 13.7. The van der Waals surface area contributed by atoms with Crippen LogP contribution in [0.25, 0.3) is 0 Å². The average molecular weight is 499 g/mol. The minimum absolute atomic E-state index is 0.129. The summed E-state index contributed by atoms with van der Waals surface area (Å²) in [6, 6.07) is 9.80. The lowest BCUT2D eigenvalue weighted by Gasteiger charge is -2.29. The van der Waals surface area contributed by atoms with Gasteiger partial charge >= 0.3 is 0 Å². The molecular formula is C25H30N4O5S. The van der Waals surface area contributed by atoms with Crippen molar-refractivity contribution < 1.29 is 22.7 Å². The molecular weight excluding hydrogens is 468 g/mol. The van der Waals surface area contributed by atoms with Gasteiger partial charge in [0.2, 0.25) is 15.9 Å². The number of anilines is 1. The summed E-state index contributed by atoms with van der Waals surface area (Å²) in [6.07, 6.45) is 1.85. The average Bonchev–Trinajstić information content (AvgIpc) is 2.85. The third-order valence-electron chi connectivity index (χ3n) is 5.96. The topological polar surface area (TPSA) is 129 Å². The molecule has 1 aromatic carbocycles. The van der Waals surface area contributed by atoms with Gasteiger partial charge in [0.1, 0.15) is 11.8 Å². The number of carbonyl (C=O) groups excluding carboxylic acids is 2. The molecule has 0 spiro atoms. The second kappa shape index (κ2) is 11.4. The molecule has 1 fully saturated rings. The van der Waals surface area contributed by atoms with Crippen LogP contribution in [0, 0.1) is 24.2 Å². The van der Waals surface area contributed by atoms with E-state index in [9.17, 15) is 23.3 Å². The zero-order chi connectivity index (χ0) is 25.6. The number of hydrogen-bond acceptors (Lipinski definition) is 8. The highest BCUT2D eigenvalue weighted by Crippen LogP contribution is 2.29. The molecule has 2 heterocycles. The van der Waals surface area contributed by atoms with Crippen LogP contribution < -0.4 is 14.4 Å². The first-order chi connectivity index (χ1) is 16.7. The van der Waals surface area contributed by atoms with Crippen molar-refractivity contribution in [2.24, 2.45) is 5.92 Å². The number of benzene rings is 1. The third kappa shape index (κ3) is 6.05. The molecule has 0 aliphatic carbocycles. The van der Waals surface area contributed by atoms with Gasteiger partial charge in [-0.05, 0) is 63.0 Å². The van der Waals surface area contributed by atoms with Gasteiger partial charge in [-0.2, -0.15) is 9.57 Å². The van der Waals surface area contributed by atoms with Crippen molar-refractivity contribution in [3.05, 3.63) is 52.7 Å². The number of amides is 1. The van der Waals surface area contributed by atoms with Crippen molar-refractivity contribution in [1.82, 2.24) is 10.3 Å². The van der Waals surface area contributed by atoms with Crippen LogP contribution in [0.15, 0.2) is 30.3 Å². The number of hydrogen-bond donors (Lipinski definition) is 1. The van der Waals surface area contributed by atoms with Crippen LogP contribution in [0.1, 0.15) is 59.8 Å². The van der Waals surface area contributed by atoms with Crippen LogP contribution in [0.2, 0.25) is 0 Å². The summed E-state index contributed by atoms with van der Waals surface area (Å²) < 4.78 is 33.2. The molecule has 35 heavy (non-hydrogen) atoms. The van der Waals surface area contributed by atoms with Crippen LogP contribution in [-0.4, -0.2) is 45.3 Å². The predicted octanol–water partition coefficient (Wildman–Crippen LogP) is 3.12. The molecule has 0 radical (unpaired) electrons. The van der Waals surface area contributed by atoms with E-state index in [2.05, 4.69) is 10.3 Å². The van der Waals surface area contributed by atoms with Crippen LogP contribution in [0.3, 0.4) is 0 Å². The lowest BCUT2D eigenvalue weighted by Crippen LogP contribution is -2.45. The largest absolute Gasteiger partial charge is 0.497 e. The van der Waals surface area contributed by atoms with E-state index in [-0.39, 0.29) is 34.8 Å². The summed E-state index contributed by atoms with van der Waals surface area (Å²) in [4.78, 5) is 30.5. The lowest BCUT2D eigenvalue weighted by atomic mass is 9.97. The molecule has 0 unspecified atom stereocenters. The SMILES string of the molecule is CCCC(=O)c1cc(C#N)c(N(C(=O)C2CCNCC2)S(=O)(=O)Cc2ccc(OC)cc2)nc1C. The Bertz CT molecular complexity index is 1230. The van der Waals surface area contributed by atoms with Gasteiger partial charge in [0.05, 0.1) is 24.1 Å². The molecule has 2 aromatic rings. The fraction of sp³-hybridized carbons (Fsp3) is 0.440. The van der Waals surface area contributed by atoms with E-state index in [1.54, 1.807) is 31.2 Å². The van der Waals surface area contributed by atoms with Crippen LogP contribution >= 0.6 is 0 Å². The Balaban J connectivity index is 2.11. The Hall–Kier alpha value is -3.29. The first-order valence-corrected chi connectivity index (χ1v) is 13.2. The molecule has 1 aliphatic heterocycles. The highest BCUT2D eigenvalue weighted by molar-refractivity contribution is 7.92. The molecule has 1 amide bonds. The lowest BCUT2D eigenvalue weighted by molar-refractivity contribution is -0.121. The minimum Gasteiger partial charge on any atom is -0.497 e. The van der Waals surface area contributed by atoms with Crippen molar-refractivity contribution in [3.8, 4) is 11.8 Å². The number of rotatable bonds is 9. The normalized spacial score (nSPS) is 14.2. The van der Waals surface area contributed by atoms with Crippen LogP contribution in [-0.2, 0) is 20.6 Å². The molecule has 1 aromatic heterocycles. The smallest absolute Gasteiger partial charge is 0.247 e. The van der Waals surface area contributed by atoms with Gasteiger partial charge in [0.15, 0.2) is 11.6 Å². The zero-order valence-electron chi connectivity index (χ0n) is 20.2. The number of sulfonamides is 1. The maximum absolute atomic E-state index is 13.7. The van der Waals surface area contributed by atoms with E-state index in [0.29, 0.717) is 48.0 Å². The van der Waals surface area contributed by atoms with E-state index in [4.69, 9.17) is 4.74 Å². The van der Waals surface area contributed by atoms with Crippen molar-refractivity contribution in [1.29, 1.82) is 5.26 Å². The Morgan fingerprint density at radius 2 is 1.89 bits per heavy atom. The standard InChI is InChI=1S/C25H30N4O5S/c1-4-5-23(30)22-14-20(15-26)24(28-17(22)2)29(25(31)19-10-12-27-13-11-19)35(32,33)16-18-6-8-21(34-3)9-7-18/h6-9,14,19,27H,4-5,10-13,16H2,1-3H3. The Morgan fingerprint density at radius 1 is 1.23 bits per heavy atom. The summed E-state index contributed by atoms with van der Waals surface area (Å²) >= 11 is 0. The summed E-state index contributed by atoms with van der Waals surface area (Å²) in [7, 11) is -2.75. The number of nitrogens with zero attached hydrogens (tertiary/aromatic N) is 3. The molecule has 0 bridgehead atoms. The number of ether oxygens (including phenoxy) is 1. The maximum Gasteiger partial charge on any atom is 0.247 e. The minimum atomic E-state index is -4.27. The van der Waals surface area contributed by atoms with E-state index >= 15 is 0 Å². The van der Waals surface area contributed by atoms with Gasteiger partial charge in [0, 0.05) is 17.9 Å². The Morgan fingerprint density at radius 3 is 2.46 bits per heavy atom. The summed E-state index contributed by atoms with van der Waals surface area (Å²) in [5, 5.41) is 13.0.